The van der Waals surface area contributed by atoms with Crippen molar-refractivity contribution in [3.05, 3.63) is 57.0 Å². The Kier molecular flexibility index (Phi) is 11.7. The molecule has 0 aliphatic carbocycles. The number of anilines is 1. The molecular formula is C24H28BrClN4O5. The van der Waals surface area contributed by atoms with Crippen molar-refractivity contribution in [3.8, 4) is 5.75 Å². The Bertz CT molecular complexity index is 1080. The molecule has 2 rings (SSSR count). The van der Waals surface area contributed by atoms with E-state index in [-0.39, 0.29) is 18.6 Å². The lowest BCUT2D eigenvalue weighted by Crippen LogP contribution is -2.38. The number of carbonyl (C=O) groups is 3. The summed E-state index contributed by atoms with van der Waals surface area (Å²) in [5, 5.41) is 9.58. The average Bonchev–Trinajstić information content (AvgIpc) is 2.80. The van der Waals surface area contributed by atoms with Gasteiger partial charge in [-0.2, -0.15) is 5.10 Å². The Morgan fingerprint density at radius 1 is 1.14 bits per heavy atom. The summed E-state index contributed by atoms with van der Waals surface area (Å²) >= 11 is 9.34. The second-order valence-electron chi connectivity index (χ2n) is 7.71. The molecule has 0 heterocycles. The molecular weight excluding hydrogens is 540 g/mol. The topological polar surface area (TPSA) is 118 Å². The molecule has 0 unspecified atom stereocenters. The highest BCUT2D eigenvalue weighted by atomic mass is 79.9. The van der Waals surface area contributed by atoms with Crippen molar-refractivity contribution in [2.24, 2.45) is 5.10 Å². The zero-order valence-electron chi connectivity index (χ0n) is 19.7. The second kappa shape index (κ2) is 14.4. The molecule has 0 fully saturated rings. The molecule has 0 aliphatic rings. The predicted octanol–water partition coefficient (Wildman–Crippen LogP) is 3.81. The van der Waals surface area contributed by atoms with E-state index < -0.39 is 11.8 Å². The summed E-state index contributed by atoms with van der Waals surface area (Å²) in [4.78, 5) is 36.1. The third kappa shape index (κ3) is 10.5. The van der Waals surface area contributed by atoms with Gasteiger partial charge in [0.2, 0.25) is 0 Å². The number of aryl methyl sites for hydroxylation is 1. The fourth-order valence-electron chi connectivity index (χ4n) is 2.69. The van der Waals surface area contributed by atoms with E-state index in [0.717, 1.165) is 10.0 Å². The van der Waals surface area contributed by atoms with Gasteiger partial charge in [-0.05, 0) is 63.1 Å². The fraction of sp³-hybridized carbons (Fsp3) is 0.333. The molecule has 35 heavy (non-hydrogen) atoms. The maximum Gasteiger partial charge on any atom is 0.329 e. The Hall–Kier alpha value is -2.95. The third-order valence-electron chi connectivity index (χ3n) is 4.44. The van der Waals surface area contributed by atoms with E-state index in [4.69, 9.17) is 21.1 Å². The largest absolute Gasteiger partial charge is 0.483 e. The first kappa shape index (κ1) is 28.3. The van der Waals surface area contributed by atoms with Crippen LogP contribution in [0.3, 0.4) is 0 Å². The molecule has 0 aliphatic heterocycles. The van der Waals surface area contributed by atoms with Gasteiger partial charge in [0, 0.05) is 33.9 Å². The molecule has 3 N–H and O–H groups in total. The van der Waals surface area contributed by atoms with Crippen molar-refractivity contribution < 1.29 is 23.9 Å². The first-order valence-corrected chi connectivity index (χ1v) is 12.0. The van der Waals surface area contributed by atoms with Gasteiger partial charge < -0.3 is 20.1 Å². The number of hydrogen-bond acceptors (Lipinski definition) is 6. The van der Waals surface area contributed by atoms with Crippen molar-refractivity contribution in [1.82, 2.24) is 10.7 Å². The molecule has 2 aromatic rings. The van der Waals surface area contributed by atoms with Gasteiger partial charge >= 0.3 is 11.8 Å². The van der Waals surface area contributed by atoms with E-state index in [1.807, 2.05) is 20.8 Å². The quantitative estimate of drug-likeness (QED) is 0.165. The van der Waals surface area contributed by atoms with Crippen molar-refractivity contribution in [3.63, 3.8) is 0 Å². The highest BCUT2D eigenvalue weighted by Crippen LogP contribution is 2.23. The number of hydrazone groups is 1. The number of nitrogens with one attached hydrogen (secondary N) is 3. The van der Waals surface area contributed by atoms with Gasteiger partial charge in [-0.3, -0.25) is 14.4 Å². The molecule has 0 aromatic heterocycles. The number of rotatable bonds is 11. The van der Waals surface area contributed by atoms with Crippen LogP contribution in [0.2, 0.25) is 5.02 Å². The highest BCUT2D eigenvalue weighted by Gasteiger charge is 2.12. The minimum atomic E-state index is -0.903. The van der Waals surface area contributed by atoms with Crippen LogP contribution in [0, 0.1) is 6.92 Å². The van der Waals surface area contributed by atoms with Crippen LogP contribution in [0.4, 0.5) is 5.69 Å². The summed E-state index contributed by atoms with van der Waals surface area (Å²) in [5.74, 6) is -1.71. The van der Waals surface area contributed by atoms with Crippen LogP contribution < -0.4 is 20.8 Å². The van der Waals surface area contributed by atoms with Gasteiger partial charge in [-0.1, -0.05) is 33.6 Å². The van der Waals surface area contributed by atoms with Crippen LogP contribution in [-0.4, -0.2) is 49.8 Å². The normalized spacial score (nSPS) is 10.9. The zero-order chi connectivity index (χ0) is 25.8. The zero-order valence-corrected chi connectivity index (χ0v) is 22.0. The van der Waals surface area contributed by atoms with E-state index in [1.54, 1.807) is 36.4 Å². The second-order valence-corrected chi connectivity index (χ2v) is 9.06. The first-order valence-electron chi connectivity index (χ1n) is 10.9. The van der Waals surface area contributed by atoms with Crippen molar-refractivity contribution in [1.29, 1.82) is 0 Å². The minimum absolute atomic E-state index is 0.108. The molecule has 2 aromatic carbocycles. The van der Waals surface area contributed by atoms with Crippen molar-refractivity contribution >= 4 is 57.2 Å². The van der Waals surface area contributed by atoms with E-state index in [1.165, 1.54) is 6.21 Å². The van der Waals surface area contributed by atoms with Gasteiger partial charge in [0.25, 0.3) is 5.91 Å². The number of nitrogens with zero attached hydrogens (tertiary/aromatic N) is 1. The summed E-state index contributed by atoms with van der Waals surface area (Å²) in [5.41, 5.74) is 4.11. The molecule has 0 spiro atoms. The molecule has 0 bridgehead atoms. The monoisotopic (exact) mass is 566 g/mol. The van der Waals surface area contributed by atoms with Crippen LogP contribution in [0.15, 0.2) is 46.0 Å². The SMILES string of the molecule is Cc1ccc(Cl)cc1NC(=O)COc1ccc(Br)cc1/C=N\NC(=O)C(=O)NCCCOC(C)C. The van der Waals surface area contributed by atoms with E-state index in [0.29, 0.717) is 41.6 Å². The van der Waals surface area contributed by atoms with E-state index in [9.17, 15) is 14.4 Å². The number of benzene rings is 2. The van der Waals surface area contributed by atoms with Gasteiger partial charge in [0.1, 0.15) is 5.75 Å². The van der Waals surface area contributed by atoms with Crippen molar-refractivity contribution in [2.45, 2.75) is 33.3 Å². The first-order chi connectivity index (χ1) is 16.7. The lowest BCUT2D eigenvalue weighted by molar-refractivity contribution is -0.139. The minimum Gasteiger partial charge on any atom is -0.483 e. The van der Waals surface area contributed by atoms with Gasteiger partial charge in [0.15, 0.2) is 6.61 Å². The summed E-state index contributed by atoms with van der Waals surface area (Å²) in [6.45, 7) is 6.23. The highest BCUT2D eigenvalue weighted by molar-refractivity contribution is 9.10. The molecule has 0 radical (unpaired) electrons. The lowest BCUT2D eigenvalue weighted by atomic mass is 10.2. The lowest BCUT2D eigenvalue weighted by Gasteiger charge is -2.11. The number of carbonyl (C=O) groups excluding carboxylic acids is 3. The molecule has 9 nitrogen and oxygen atoms in total. The van der Waals surface area contributed by atoms with E-state index in [2.05, 4.69) is 37.1 Å². The van der Waals surface area contributed by atoms with Crippen LogP contribution in [0.1, 0.15) is 31.4 Å². The van der Waals surface area contributed by atoms with Crippen molar-refractivity contribution in [2.75, 3.05) is 25.1 Å². The summed E-state index contributed by atoms with van der Waals surface area (Å²) < 4.78 is 11.7. The molecule has 3 amide bonds. The third-order valence-corrected chi connectivity index (χ3v) is 5.17. The molecule has 11 heteroatoms. The van der Waals surface area contributed by atoms with E-state index >= 15 is 0 Å². The number of amides is 3. The summed E-state index contributed by atoms with van der Waals surface area (Å²) in [6, 6.07) is 10.3. The van der Waals surface area contributed by atoms with Crippen LogP contribution in [0.5, 0.6) is 5.75 Å². The number of ether oxygens (including phenoxy) is 2. The molecule has 0 saturated carbocycles. The summed E-state index contributed by atoms with van der Waals surface area (Å²) in [6.07, 6.45) is 2.02. The Labute approximate surface area is 217 Å². The predicted molar refractivity (Wildman–Crippen MR) is 139 cm³/mol. The number of halogens is 2. The maximum atomic E-state index is 12.3. The molecule has 0 atom stereocenters. The molecule has 188 valence electrons. The van der Waals surface area contributed by atoms with Crippen LogP contribution >= 0.6 is 27.5 Å². The Morgan fingerprint density at radius 3 is 2.66 bits per heavy atom. The average molecular weight is 568 g/mol. The Balaban J connectivity index is 1.88. The Morgan fingerprint density at radius 2 is 1.91 bits per heavy atom. The van der Waals surface area contributed by atoms with Crippen LogP contribution in [0.25, 0.3) is 0 Å². The fourth-order valence-corrected chi connectivity index (χ4v) is 3.25. The molecule has 0 saturated heterocycles. The standard InChI is InChI=1S/C24H28BrClN4O5/c1-15(2)34-10-4-9-27-23(32)24(33)30-28-13-17-11-18(25)6-8-21(17)35-14-22(31)29-20-12-19(26)7-5-16(20)3/h5-8,11-13,15H,4,9-10,14H2,1-3H3,(H,27,32)(H,29,31)(H,30,33)/b28-13-. The van der Waals surface area contributed by atoms with Gasteiger partial charge in [-0.25, -0.2) is 5.43 Å². The van der Waals surface area contributed by atoms with Crippen LogP contribution in [-0.2, 0) is 19.1 Å². The summed E-state index contributed by atoms with van der Waals surface area (Å²) in [7, 11) is 0. The van der Waals surface area contributed by atoms with Gasteiger partial charge in [-0.15, -0.1) is 0 Å². The van der Waals surface area contributed by atoms with Gasteiger partial charge in [0.05, 0.1) is 12.3 Å². The number of hydrogen-bond donors (Lipinski definition) is 3. The maximum absolute atomic E-state index is 12.3. The smallest absolute Gasteiger partial charge is 0.329 e.